The number of ether oxygens (including phenoxy) is 2. The molecule has 0 bridgehead atoms. The largest absolute Gasteiger partial charge is 0.493 e. The van der Waals surface area contributed by atoms with E-state index < -0.39 is 6.04 Å². The van der Waals surface area contributed by atoms with E-state index in [1.165, 1.54) is 53.6 Å². The number of hydrogen-bond acceptors (Lipinski definition) is 8. The lowest BCUT2D eigenvalue weighted by molar-refractivity contribution is -0.128. The fourth-order valence-corrected chi connectivity index (χ4v) is 6.55. The number of amides is 2. The van der Waals surface area contributed by atoms with Crippen LogP contribution in [-0.4, -0.2) is 52.3 Å². The zero-order valence-corrected chi connectivity index (χ0v) is 25.9. The second-order valence-corrected chi connectivity index (χ2v) is 11.8. The molecular weight excluding hydrogens is 572 g/mol. The number of tetrazole rings is 1. The summed E-state index contributed by atoms with van der Waals surface area (Å²) in [5, 5.41) is 16.0. The van der Waals surface area contributed by atoms with Crippen molar-refractivity contribution in [1.82, 2.24) is 25.5 Å². The maximum absolute atomic E-state index is 14.2. The van der Waals surface area contributed by atoms with Crippen LogP contribution < -0.4 is 19.7 Å². The van der Waals surface area contributed by atoms with Gasteiger partial charge in [-0.25, -0.2) is 0 Å². The maximum atomic E-state index is 14.2. The third kappa shape index (κ3) is 6.87. The Morgan fingerprint density at radius 1 is 0.956 bits per heavy atom. The van der Waals surface area contributed by atoms with Crippen molar-refractivity contribution in [3.8, 4) is 22.9 Å². The van der Waals surface area contributed by atoms with Crippen molar-refractivity contribution in [2.75, 3.05) is 19.1 Å². The summed E-state index contributed by atoms with van der Waals surface area (Å²) in [4.78, 5) is 30.9. The molecule has 2 heterocycles. The average Bonchev–Trinajstić information content (AvgIpc) is 3.88. The molecule has 2 amide bonds. The summed E-state index contributed by atoms with van der Waals surface area (Å²) in [6.45, 7) is -0.238. The first-order valence-electron chi connectivity index (χ1n) is 15.8. The van der Waals surface area contributed by atoms with Gasteiger partial charge in [-0.3, -0.25) is 14.5 Å². The number of methoxy groups -OCH3 is 2. The van der Waals surface area contributed by atoms with Crippen LogP contribution in [0.4, 0.5) is 5.69 Å². The number of carbonyl (C=O) groups excluding carboxylic acids is 2. The topological polar surface area (TPSA) is 125 Å². The van der Waals surface area contributed by atoms with E-state index in [-0.39, 0.29) is 24.4 Å². The van der Waals surface area contributed by atoms with Gasteiger partial charge in [-0.1, -0.05) is 44.2 Å². The molecule has 11 heteroatoms. The first kappa shape index (κ1) is 30.4. The van der Waals surface area contributed by atoms with Crippen molar-refractivity contribution in [1.29, 1.82) is 0 Å². The number of carbonyl (C=O) groups is 2. The molecule has 6 rings (SSSR count). The predicted octanol–water partition coefficient (Wildman–Crippen LogP) is 5.83. The fraction of sp³-hybridized carbons (Fsp3) is 0.441. The number of nitrogens with one attached hydrogen (secondary N) is 1. The van der Waals surface area contributed by atoms with Gasteiger partial charge in [0, 0.05) is 17.3 Å². The van der Waals surface area contributed by atoms with Crippen LogP contribution in [0.25, 0.3) is 11.4 Å². The summed E-state index contributed by atoms with van der Waals surface area (Å²) >= 11 is 0. The number of furan rings is 1. The molecule has 0 aliphatic heterocycles. The Balaban J connectivity index is 1.31. The molecule has 2 aliphatic rings. The Bertz CT molecular complexity index is 1570. The van der Waals surface area contributed by atoms with Gasteiger partial charge in [0.1, 0.15) is 12.3 Å². The molecule has 0 spiro atoms. The van der Waals surface area contributed by atoms with Crippen LogP contribution in [0, 0.1) is 0 Å². The van der Waals surface area contributed by atoms with Crippen LogP contribution in [0.15, 0.2) is 65.3 Å². The smallest absolute Gasteiger partial charge is 0.251 e. The normalized spacial score (nSPS) is 16.3. The van der Waals surface area contributed by atoms with E-state index >= 15 is 0 Å². The molecule has 2 aliphatic carbocycles. The highest BCUT2D eigenvalue weighted by Gasteiger charge is 2.36. The highest BCUT2D eigenvalue weighted by molar-refractivity contribution is 6.01. The number of benzene rings is 2. The third-order valence-corrected chi connectivity index (χ3v) is 8.91. The zero-order chi connectivity index (χ0) is 31.2. The van der Waals surface area contributed by atoms with Crippen LogP contribution in [0.1, 0.15) is 81.1 Å². The third-order valence-electron chi connectivity index (χ3n) is 8.91. The van der Waals surface area contributed by atoms with E-state index in [9.17, 15) is 9.59 Å². The van der Waals surface area contributed by atoms with E-state index in [0.717, 1.165) is 25.7 Å². The molecule has 11 nitrogen and oxygen atoms in total. The molecule has 2 fully saturated rings. The molecule has 2 aromatic heterocycles. The van der Waals surface area contributed by atoms with Gasteiger partial charge in [0.2, 0.25) is 5.82 Å². The average molecular weight is 613 g/mol. The summed E-state index contributed by atoms with van der Waals surface area (Å²) in [5.41, 5.74) is 2.52. The summed E-state index contributed by atoms with van der Waals surface area (Å²) in [5.74, 6) is 1.67. The fourth-order valence-electron chi connectivity index (χ4n) is 6.55. The van der Waals surface area contributed by atoms with Gasteiger partial charge in [-0.2, -0.15) is 4.80 Å². The SMILES string of the molecule is COc1ccc(-c2nnn(CC(=O)N(c3ccc(C4CCCCC4)cc3)[C@H](C(=O)NC3CCCC3)c3ccco3)n2)cc1OC. The standard InChI is InChI=1S/C34H40N6O5/c1-43-28-19-16-25(21-30(28)44-2)33-36-38-39(37-33)22-31(41)40(27-17-14-24(15-18-27)23-9-4-3-5-10-23)32(29-13-8-20-45-29)34(42)35-26-11-6-7-12-26/h8,13-21,23,26,32H,3-7,9-12,22H2,1-2H3,(H,35,42)/t32-/m0/s1. The van der Waals surface area contributed by atoms with Crippen molar-refractivity contribution in [2.24, 2.45) is 0 Å². The van der Waals surface area contributed by atoms with Crippen LogP contribution in [0.5, 0.6) is 11.5 Å². The molecule has 2 saturated carbocycles. The Hall–Kier alpha value is -4.67. The quantitative estimate of drug-likeness (QED) is 0.224. The van der Waals surface area contributed by atoms with Crippen molar-refractivity contribution in [2.45, 2.75) is 82.3 Å². The number of nitrogens with zero attached hydrogens (tertiary/aromatic N) is 5. The molecule has 45 heavy (non-hydrogen) atoms. The number of rotatable bonds is 11. The first-order chi connectivity index (χ1) is 22.0. The van der Waals surface area contributed by atoms with Crippen LogP contribution in [-0.2, 0) is 16.1 Å². The minimum absolute atomic E-state index is 0.0709. The lowest BCUT2D eigenvalue weighted by Gasteiger charge is -2.31. The van der Waals surface area contributed by atoms with Gasteiger partial charge in [0.25, 0.3) is 11.8 Å². The van der Waals surface area contributed by atoms with Crippen LogP contribution >= 0.6 is 0 Å². The summed E-state index contributed by atoms with van der Waals surface area (Å²) in [6, 6.07) is 15.9. The predicted molar refractivity (Wildman–Crippen MR) is 168 cm³/mol. The minimum Gasteiger partial charge on any atom is -0.493 e. The monoisotopic (exact) mass is 612 g/mol. The Kier molecular flexibility index (Phi) is 9.42. The molecule has 2 aromatic carbocycles. The molecule has 0 unspecified atom stereocenters. The highest BCUT2D eigenvalue weighted by Crippen LogP contribution is 2.36. The Morgan fingerprint density at radius 2 is 1.69 bits per heavy atom. The van der Waals surface area contributed by atoms with Crippen molar-refractivity contribution in [3.63, 3.8) is 0 Å². The maximum Gasteiger partial charge on any atom is 0.251 e. The Morgan fingerprint density at radius 3 is 2.38 bits per heavy atom. The zero-order valence-electron chi connectivity index (χ0n) is 25.9. The summed E-state index contributed by atoms with van der Waals surface area (Å²) in [7, 11) is 3.12. The molecule has 236 valence electrons. The van der Waals surface area contributed by atoms with E-state index in [2.05, 4.69) is 32.9 Å². The van der Waals surface area contributed by atoms with E-state index in [4.69, 9.17) is 13.9 Å². The number of hydrogen-bond donors (Lipinski definition) is 1. The lowest BCUT2D eigenvalue weighted by Crippen LogP contribution is -2.47. The van der Waals surface area contributed by atoms with Gasteiger partial charge in [-0.15, -0.1) is 10.2 Å². The summed E-state index contributed by atoms with van der Waals surface area (Å²) < 4.78 is 16.5. The first-order valence-corrected chi connectivity index (χ1v) is 15.8. The van der Waals surface area contributed by atoms with Crippen molar-refractivity contribution < 1.29 is 23.5 Å². The van der Waals surface area contributed by atoms with Crippen molar-refractivity contribution in [3.05, 3.63) is 72.2 Å². The van der Waals surface area contributed by atoms with Crippen LogP contribution in [0.3, 0.4) is 0 Å². The molecule has 0 saturated heterocycles. The molecule has 4 aromatic rings. The molecular formula is C34H40N6O5. The van der Waals surface area contributed by atoms with Gasteiger partial charge in [0.15, 0.2) is 17.5 Å². The van der Waals surface area contributed by atoms with E-state index in [1.54, 1.807) is 44.6 Å². The van der Waals surface area contributed by atoms with E-state index in [1.807, 2.05) is 12.1 Å². The minimum atomic E-state index is -1.01. The second-order valence-electron chi connectivity index (χ2n) is 11.8. The van der Waals surface area contributed by atoms with E-state index in [0.29, 0.717) is 40.3 Å². The van der Waals surface area contributed by atoms with Gasteiger partial charge < -0.3 is 19.2 Å². The summed E-state index contributed by atoms with van der Waals surface area (Å²) in [6.07, 6.45) is 11.6. The van der Waals surface area contributed by atoms with Gasteiger partial charge in [-0.05, 0) is 84.8 Å². The van der Waals surface area contributed by atoms with Gasteiger partial charge >= 0.3 is 0 Å². The van der Waals surface area contributed by atoms with Crippen molar-refractivity contribution >= 4 is 17.5 Å². The molecule has 0 radical (unpaired) electrons. The molecule has 1 N–H and O–H groups in total. The molecule has 1 atom stereocenters. The van der Waals surface area contributed by atoms with Crippen LogP contribution in [0.2, 0.25) is 0 Å². The number of aromatic nitrogens is 4. The Labute approximate surface area is 262 Å². The lowest BCUT2D eigenvalue weighted by atomic mass is 9.84. The highest BCUT2D eigenvalue weighted by atomic mass is 16.5. The van der Waals surface area contributed by atoms with Gasteiger partial charge in [0.05, 0.1) is 20.5 Å². The number of anilines is 1. The second kappa shape index (κ2) is 14.0.